The zero-order chi connectivity index (χ0) is 13.5. The number of rotatable bonds is 5. The van der Waals surface area contributed by atoms with Gasteiger partial charge in [0.05, 0.1) is 13.2 Å². The molecule has 0 bridgehead atoms. The van der Waals surface area contributed by atoms with Crippen molar-refractivity contribution in [1.29, 1.82) is 0 Å². The number of hydrogen-bond acceptors (Lipinski definition) is 3. The summed E-state index contributed by atoms with van der Waals surface area (Å²) in [6, 6.07) is 6.15. The molecule has 1 saturated heterocycles. The molecule has 104 valence electrons. The van der Waals surface area contributed by atoms with Crippen molar-refractivity contribution in [2.75, 3.05) is 32.8 Å². The molecule has 4 nitrogen and oxygen atoms in total. The first-order valence-corrected chi connectivity index (χ1v) is 6.55. The molecule has 1 amide bonds. The van der Waals surface area contributed by atoms with Crippen LogP contribution in [0.25, 0.3) is 0 Å². The first-order valence-electron chi connectivity index (χ1n) is 6.55. The largest absolute Gasteiger partial charge is 0.379 e. The van der Waals surface area contributed by atoms with Gasteiger partial charge in [0.15, 0.2) is 0 Å². The highest BCUT2D eigenvalue weighted by molar-refractivity contribution is 5.76. The zero-order valence-electron chi connectivity index (χ0n) is 10.9. The van der Waals surface area contributed by atoms with E-state index in [2.05, 4.69) is 10.2 Å². The Hall–Kier alpha value is -1.46. The van der Waals surface area contributed by atoms with Crippen LogP contribution in [0.4, 0.5) is 4.39 Å². The summed E-state index contributed by atoms with van der Waals surface area (Å²) in [5.41, 5.74) is 0.904. The van der Waals surface area contributed by atoms with Crippen molar-refractivity contribution in [1.82, 2.24) is 10.2 Å². The van der Waals surface area contributed by atoms with Crippen LogP contribution in [0.5, 0.6) is 0 Å². The molecule has 5 heteroatoms. The van der Waals surface area contributed by atoms with Gasteiger partial charge in [0.1, 0.15) is 5.82 Å². The van der Waals surface area contributed by atoms with Crippen LogP contribution in [-0.2, 0) is 16.1 Å². The Bertz CT molecular complexity index is 402. The molecule has 1 aliphatic rings. The minimum absolute atomic E-state index is 0.0239. The molecule has 1 aromatic rings. The van der Waals surface area contributed by atoms with Crippen molar-refractivity contribution in [2.24, 2.45) is 0 Å². The molecule has 1 N–H and O–H groups in total. The van der Waals surface area contributed by atoms with Crippen LogP contribution in [0, 0.1) is 5.82 Å². The van der Waals surface area contributed by atoms with Crippen molar-refractivity contribution in [3.8, 4) is 0 Å². The molecule has 0 atom stereocenters. The first-order chi connectivity index (χ1) is 9.24. The molecule has 0 aliphatic carbocycles. The van der Waals surface area contributed by atoms with Crippen LogP contribution in [0.3, 0.4) is 0 Å². The van der Waals surface area contributed by atoms with E-state index in [9.17, 15) is 9.18 Å². The predicted molar refractivity (Wildman–Crippen MR) is 70.1 cm³/mol. The highest BCUT2D eigenvalue weighted by Crippen LogP contribution is 2.02. The summed E-state index contributed by atoms with van der Waals surface area (Å²) in [6.07, 6.45) is 0.487. The van der Waals surface area contributed by atoms with Gasteiger partial charge in [0.25, 0.3) is 0 Å². The van der Waals surface area contributed by atoms with Gasteiger partial charge in [-0.3, -0.25) is 9.69 Å². The van der Waals surface area contributed by atoms with Gasteiger partial charge in [-0.25, -0.2) is 4.39 Å². The third kappa shape index (κ3) is 4.96. The summed E-state index contributed by atoms with van der Waals surface area (Å²) in [6.45, 7) is 4.49. The molecule has 0 aromatic heterocycles. The highest BCUT2D eigenvalue weighted by Gasteiger charge is 2.11. The SMILES string of the molecule is O=C(CCN1CCOCC1)NCc1ccc(F)cc1. The normalized spacial score (nSPS) is 16.3. The van der Waals surface area contributed by atoms with Crippen molar-refractivity contribution in [2.45, 2.75) is 13.0 Å². The number of nitrogens with one attached hydrogen (secondary N) is 1. The second-order valence-electron chi connectivity index (χ2n) is 4.61. The lowest BCUT2D eigenvalue weighted by Gasteiger charge is -2.26. The Morgan fingerprint density at radius 1 is 1.26 bits per heavy atom. The predicted octanol–water partition coefficient (Wildman–Crippen LogP) is 1.16. The van der Waals surface area contributed by atoms with Gasteiger partial charge in [-0.05, 0) is 17.7 Å². The lowest BCUT2D eigenvalue weighted by Crippen LogP contribution is -2.38. The number of nitrogens with zero attached hydrogens (tertiary/aromatic N) is 1. The fourth-order valence-electron chi connectivity index (χ4n) is 1.98. The van der Waals surface area contributed by atoms with E-state index in [1.54, 1.807) is 12.1 Å². The Balaban J connectivity index is 1.65. The van der Waals surface area contributed by atoms with Gasteiger partial charge in [-0.1, -0.05) is 12.1 Å². The van der Waals surface area contributed by atoms with Gasteiger partial charge in [0, 0.05) is 32.6 Å². The van der Waals surface area contributed by atoms with Gasteiger partial charge in [-0.2, -0.15) is 0 Å². The van der Waals surface area contributed by atoms with E-state index >= 15 is 0 Å². The lowest BCUT2D eigenvalue weighted by atomic mass is 10.2. The molecule has 1 fully saturated rings. The van der Waals surface area contributed by atoms with Crippen LogP contribution in [0.1, 0.15) is 12.0 Å². The Morgan fingerprint density at radius 2 is 1.95 bits per heavy atom. The lowest BCUT2D eigenvalue weighted by molar-refractivity contribution is -0.121. The van der Waals surface area contributed by atoms with Crippen molar-refractivity contribution >= 4 is 5.91 Å². The number of carbonyl (C=O) groups is 1. The zero-order valence-corrected chi connectivity index (χ0v) is 10.9. The standard InChI is InChI=1S/C14H19FN2O2/c15-13-3-1-12(2-4-13)11-16-14(18)5-6-17-7-9-19-10-8-17/h1-4H,5-11H2,(H,16,18). The van der Waals surface area contributed by atoms with E-state index in [4.69, 9.17) is 4.74 Å². The van der Waals surface area contributed by atoms with E-state index in [0.717, 1.165) is 38.4 Å². The van der Waals surface area contributed by atoms with E-state index in [0.29, 0.717) is 13.0 Å². The third-order valence-corrected chi connectivity index (χ3v) is 3.16. The average molecular weight is 266 g/mol. The second kappa shape index (κ2) is 7.21. The maximum atomic E-state index is 12.7. The minimum Gasteiger partial charge on any atom is -0.379 e. The summed E-state index contributed by atoms with van der Waals surface area (Å²) >= 11 is 0. The van der Waals surface area contributed by atoms with Crippen LogP contribution in [0.2, 0.25) is 0 Å². The van der Waals surface area contributed by atoms with Gasteiger partial charge in [0.2, 0.25) is 5.91 Å². The van der Waals surface area contributed by atoms with Crippen LogP contribution < -0.4 is 5.32 Å². The van der Waals surface area contributed by atoms with Crippen molar-refractivity contribution in [3.63, 3.8) is 0 Å². The number of carbonyl (C=O) groups excluding carboxylic acids is 1. The molecule has 1 aromatic carbocycles. The maximum Gasteiger partial charge on any atom is 0.221 e. The summed E-state index contributed by atoms with van der Waals surface area (Å²) < 4.78 is 18.0. The number of amides is 1. The number of hydrogen-bond donors (Lipinski definition) is 1. The Morgan fingerprint density at radius 3 is 2.63 bits per heavy atom. The van der Waals surface area contributed by atoms with E-state index in [1.807, 2.05) is 0 Å². The van der Waals surface area contributed by atoms with Crippen molar-refractivity contribution in [3.05, 3.63) is 35.6 Å². The molecule has 0 saturated carbocycles. The van der Waals surface area contributed by atoms with Gasteiger partial charge < -0.3 is 10.1 Å². The highest BCUT2D eigenvalue weighted by atomic mass is 19.1. The second-order valence-corrected chi connectivity index (χ2v) is 4.61. The van der Waals surface area contributed by atoms with Crippen LogP contribution >= 0.6 is 0 Å². The quantitative estimate of drug-likeness (QED) is 0.869. The summed E-state index contributed by atoms with van der Waals surface area (Å²) in [4.78, 5) is 13.9. The van der Waals surface area contributed by atoms with E-state index in [-0.39, 0.29) is 11.7 Å². The topological polar surface area (TPSA) is 41.6 Å². The van der Waals surface area contributed by atoms with Gasteiger partial charge in [-0.15, -0.1) is 0 Å². The smallest absolute Gasteiger partial charge is 0.221 e. The summed E-state index contributed by atoms with van der Waals surface area (Å²) in [7, 11) is 0. The third-order valence-electron chi connectivity index (χ3n) is 3.16. The molecule has 1 heterocycles. The molecule has 1 aliphatic heterocycles. The number of halogens is 1. The van der Waals surface area contributed by atoms with E-state index < -0.39 is 0 Å². The number of morpholine rings is 1. The summed E-state index contributed by atoms with van der Waals surface area (Å²) in [5.74, 6) is -0.238. The maximum absolute atomic E-state index is 12.7. The molecular weight excluding hydrogens is 247 g/mol. The Labute approximate surface area is 112 Å². The molecule has 2 rings (SSSR count). The molecule has 0 spiro atoms. The minimum atomic E-state index is -0.262. The van der Waals surface area contributed by atoms with Crippen LogP contribution in [-0.4, -0.2) is 43.7 Å². The number of benzene rings is 1. The molecular formula is C14H19FN2O2. The summed E-state index contributed by atoms with van der Waals surface area (Å²) in [5, 5.41) is 2.84. The Kier molecular flexibility index (Phi) is 5.30. The molecule has 19 heavy (non-hydrogen) atoms. The fraction of sp³-hybridized carbons (Fsp3) is 0.500. The monoisotopic (exact) mass is 266 g/mol. The molecule has 0 radical (unpaired) electrons. The van der Waals surface area contributed by atoms with Crippen molar-refractivity contribution < 1.29 is 13.9 Å². The average Bonchev–Trinajstić information content (AvgIpc) is 2.45. The fourth-order valence-corrected chi connectivity index (χ4v) is 1.98. The first kappa shape index (κ1) is 14.0. The molecule has 0 unspecified atom stereocenters. The van der Waals surface area contributed by atoms with Crippen LogP contribution in [0.15, 0.2) is 24.3 Å². The number of ether oxygens (including phenoxy) is 1. The van der Waals surface area contributed by atoms with Gasteiger partial charge >= 0.3 is 0 Å². The van der Waals surface area contributed by atoms with E-state index in [1.165, 1.54) is 12.1 Å².